The van der Waals surface area contributed by atoms with Crippen LogP contribution in [0.3, 0.4) is 0 Å². The molecule has 3 N–H and O–H groups in total. The summed E-state index contributed by atoms with van der Waals surface area (Å²) in [4.78, 5) is 33.7. The lowest BCUT2D eigenvalue weighted by Gasteiger charge is -2.12. The maximum atomic E-state index is 11.7. The van der Waals surface area contributed by atoms with E-state index in [9.17, 15) is 14.4 Å². The van der Waals surface area contributed by atoms with E-state index in [2.05, 4.69) is 10.6 Å². The first-order valence-corrected chi connectivity index (χ1v) is 7.25. The zero-order valence-corrected chi connectivity index (χ0v) is 12.0. The summed E-state index contributed by atoms with van der Waals surface area (Å²) in [7, 11) is 0. The van der Waals surface area contributed by atoms with Crippen molar-refractivity contribution in [1.82, 2.24) is 10.6 Å². The van der Waals surface area contributed by atoms with Gasteiger partial charge >= 0.3 is 5.97 Å². The molecule has 1 aliphatic carbocycles. The number of carbonyl (C=O) groups excluding carboxylic acids is 2. The van der Waals surface area contributed by atoms with Crippen LogP contribution >= 0.6 is 0 Å². The highest BCUT2D eigenvalue weighted by Crippen LogP contribution is 2.24. The number of rotatable bonds is 8. The lowest BCUT2D eigenvalue weighted by Crippen LogP contribution is -2.35. The zero-order valence-electron chi connectivity index (χ0n) is 12.0. The number of hydrogen-bond acceptors (Lipinski definition) is 3. The first-order chi connectivity index (χ1) is 9.49. The smallest absolute Gasteiger partial charge is 0.303 e. The second-order valence-corrected chi connectivity index (χ2v) is 5.53. The lowest BCUT2D eigenvalue weighted by atomic mass is 10.1. The topological polar surface area (TPSA) is 95.5 Å². The van der Waals surface area contributed by atoms with E-state index < -0.39 is 5.97 Å². The van der Waals surface area contributed by atoms with Gasteiger partial charge in [0, 0.05) is 31.8 Å². The van der Waals surface area contributed by atoms with E-state index in [0.717, 1.165) is 25.7 Å². The van der Waals surface area contributed by atoms with Crippen LogP contribution in [0, 0.1) is 11.8 Å². The molecule has 0 saturated heterocycles. The monoisotopic (exact) mass is 284 g/mol. The van der Waals surface area contributed by atoms with Gasteiger partial charge in [0.15, 0.2) is 0 Å². The number of carboxylic acids is 1. The quantitative estimate of drug-likeness (QED) is 0.617. The Kier molecular flexibility index (Phi) is 7.04. The summed E-state index contributed by atoms with van der Waals surface area (Å²) >= 11 is 0. The Hall–Kier alpha value is -1.59. The minimum atomic E-state index is -0.865. The van der Waals surface area contributed by atoms with Gasteiger partial charge in [0.25, 0.3) is 0 Å². The van der Waals surface area contributed by atoms with Crippen LogP contribution < -0.4 is 10.6 Å². The van der Waals surface area contributed by atoms with Crippen LogP contribution in [0.1, 0.15) is 45.4 Å². The molecule has 1 fully saturated rings. The van der Waals surface area contributed by atoms with Gasteiger partial charge < -0.3 is 15.7 Å². The molecule has 0 radical (unpaired) electrons. The van der Waals surface area contributed by atoms with Crippen LogP contribution in [-0.2, 0) is 14.4 Å². The Morgan fingerprint density at radius 3 is 2.45 bits per heavy atom. The van der Waals surface area contributed by atoms with E-state index in [0.29, 0.717) is 13.1 Å². The molecule has 0 aromatic carbocycles. The van der Waals surface area contributed by atoms with E-state index in [-0.39, 0.29) is 36.5 Å². The molecule has 1 rings (SSSR count). The largest absolute Gasteiger partial charge is 0.481 e. The summed E-state index contributed by atoms with van der Waals surface area (Å²) in [5, 5.41) is 14.1. The maximum absolute atomic E-state index is 11.7. The number of carbonyl (C=O) groups is 3. The molecule has 6 heteroatoms. The first-order valence-electron chi connectivity index (χ1n) is 7.25. The average molecular weight is 284 g/mol. The molecule has 2 amide bonds. The van der Waals surface area contributed by atoms with Crippen LogP contribution in [0.4, 0.5) is 0 Å². The van der Waals surface area contributed by atoms with Gasteiger partial charge in [0.1, 0.15) is 0 Å². The molecule has 0 spiro atoms. The third kappa shape index (κ3) is 6.54. The number of nitrogens with one attached hydrogen (secondary N) is 2. The highest BCUT2D eigenvalue weighted by atomic mass is 16.4. The maximum Gasteiger partial charge on any atom is 0.303 e. The summed E-state index contributed by atoms with van der Waals surface area (Å²) in [6, 6.07) is 0. The Labute approximate surface area is 119 Å². The summed E-state index contributed by atoms with van der Waals surface area (Å²) < 4.78 is 0. The van der Waals surface area contributed by atoms with Crippen molar-refractivity contribution >= 4 is 17.8 Å². The molecule has 0 aliphatic heterocycles. The van der Waals surface area contributed by atoms with Crippen molar-refractivity contribution in [3.8, 4) is 0 Å². The highest BCUT2D eigenvalue weighted by Gasteiger charge is 2.22. The molecule has 1 aliphatic rings. The molecular formula is C14H24N2O4. The van der Waals surface area contributed by atoms with Gasteiger partial charge in [0.05, 0.1) is 0 Å². The molecule has 6 nitrogen and oxygen atoms in total. The molecule has 0 bridgehead atoms. The van der Waals surface area contributed by atoms with Gasteiger partial charge in [-0.15, -0.1) is 0 Å². The van der Waals surface area contributed by atoms with Crippen LogP contribution in [0.25, 0.3) is 0 Å². The molecule has 1 saturated carbocycles. The molecular weight excluding hydrogens is 260 g/mol. The second kappa shape index (κ2) is 8.55. The van der Waals surface area contributed by atoms with Crippen LogP contribution in [-0.4, -0.2) is 36.0 Å². The van der Waals surface area contributed by atoms with Crippen molar-refractivity contribution in [2.24, 2.45) is 11.8 Å². The van der Waals surface area contributed by atoms with Crippen molar-refractivity contribution in [1.29, 1.82) is 0 Å². The van der Waals surface area contributed by atoms with Crippen molar-refractivity contribution in [2.75, 3.05) is 13.1 Å². The van der Waals surface area contributed by atoms with E-state index in [1.165, 1.54) is 0 Å². The molecule has 0 aromatic rings. The fourth-order valence-electron chi connectivity index (χ4n) is 2.38. The number of hydrogen-bond donors (Lipinski definition) is 3. The minimum absolute atomic E-state index is 0.0404. The van der Waals surface area contributed by atoms with E-state index in [4.69, 9.17) is 5.11 Å². The third-order valence-corrected chi connectivity index (χ3v) is 3.55. The minimum Gasteiger partial charge on any atom is -0.481 e. The van der Waals surface area contributed by atoms with Gasteiger partial charge in [-0.05, 0) is 18.8 Å². The summed E-state index contributed by atoms with van der Waals surface area (Å²) in [6.07, 6.45) is 4.40. The summed E-state index contributed by atoms with van der Waals surface area (Å²) in [6.45, 7) is 2.46. The highest BCUT2D eigenvalue weighted by molar-refractivity contribution is 5.80. The summed E-state index contributed by atoms with van der Waals surface area (Å²) in [5.41, 5.74) is 0. The number of amides is 2. The number of aliphatic carboxylic acids is 1. The fourth-order valence-corrected chi connectivity index (χ4v) is 2.38. The van der Waals surface area contributed by atoms with Crippen LogP contribution in [0.2, 0.25) is 0 Å². The second-order valence-electron chi connectivity index (χ2n) is 5.53. The number of carboxylic acid groups (broad SMARTS) is 1. The molecule has 0 aromatic heterocycles. The van der Waals surface area contributed by atoms with Gasteiger partial charge in [-0.25, -0.2) is 0 Å². The zero-order chi connectivity index (χ0) is 15.0. The van der Waals surface area contributed by atoms with E-state index in [1.807, 2.05) is 0 Å². The van der Waals surface area contributed by atoms with Gasteiger partial charge in [0.2, 0.25) is 11.8 Å². The first kappa shape index (κ1) is 16.5. The predicted octanol–water partition coefficient (Wildman–Crippen LogP) is 0.910. The standard InChI is InChI=1S/C14H24N2O4/c1-10(8-13(18)19)9-16-12(17)6-7-15-14(20)11-4-2-3-5-11/h10-11H,2-9H2,1H3,(H,15,20)(H,16,17)(H,18,19). The Bertz CT molecular complexity index is 351. The molecule has 1 atom stereocenters. The lowest BCUT2D eigenvalue weighted by molar-refractivity contribution is -0.138. The van der Waals surface area contributed by atoms with Gasteiger partial charge in [-0.1, -0.05) is 19.8 Å². The predicted molar refractivity (Wildman–Crippen MR) is 74.0 cm³/mol. The van der Waals surface area contributed by atoms with Crippen molar-refractivity contribution in [3.05, 3.63) is 0 Å². The molecule has 114 valence electrons. The normalized spacial score (nSPS) is 16.6. The van der Waals surface area contributed by atoms with Crippen molar-refractivity contribution in [3.63, 3.8) is 0 Å². The summed E-state index contributed by atoms with van der Waals surface area (Å²) in [5.74, 6) is -0.947. The van der Waals surface area contributed by atoms with Crippen LogP contribution in [0.15, 0.2) is 0 Å². The average Bonchev–Trinajstić information content (AvgIpc) is 2.89. The third-order valence-electron chi connectivity index (χ3n) is 3.55. The van der Waals surface area contributed by atoms with Crippen LogP contribution in [0.5, 0.6) is 0 Å². The molecule has 1 unspecified atom stereocenters. The van der Waals surface area contributed by atoms with Crippen molar-refractivity contribution < 1.29 is 19.5 Å². The fraction of sp³-hybridized carbons (Fsp3) is 0.786. The van der Waals surface area contributed by atoms with Crippen molar-refractivity contribution in [2.45, 2.75) is 45.4 Å². The van der Waals surface area contributed by atoms with Gasteiger partial charge in [-0.3, -0.25) is 14.4 Å². The van der Waals surface area contributed by atoms with E-state index >= 15 is 0 Å². The van der Waals surface area contributed by atoms with E-state index in [1.54, 1.807) is 6.92 Å². The Morgan fingerprint density at radius 1 is 1.20 bits per heavy atom. The molecule has 0 heterocycles. The Balaban J connectivity index is 2.07. The molecule has 20 heavy (non-hydrogen) atoms. The SMILES string of the molecule is CC(CNC(=O)CCNC(=O)C1CCCC1)CC(=O)O. The Morgan fingerprint density at radius 2 is 1.85 bits per heavy atom. The van der Waals surface area contributed by atoms with Gasteiger partial charge in [-0.2, -0.15) is 0 Å².